The first-order valence-corrected chi connectivity index (χ1v) is 13.6. The highest BCUT2D eigenvalue weighted by atomic mass is 16.5. The van der Waals surface area contributed by atoms with Crippen molar-refractivity contribution in [3.8, 4) is 16.9 Å². The third-order valence-electron chi connectivity index (χ3n) is 7.76. The van der Waals surface area contributed by atoms with E-state index in [4.69, 9.17) is 14.9 Å². The molecule has 6 rings (SSSR count). The normalized spacial score (nSPS) is 13.8. The largest absolute Gasteiger partial charge is 0.494 e. The Bertz CT molecular complexity index is 1570. The number of hydrogen-bond acceptors (Lipinski definition) is 5. The molecule has 0 radical (unpaired) electrons. The highest BCUT2D eigenvalue weighted by Crippen LogP contribution is 2.47. The number of ether oxygens (including phenoxy) is 2. The van der Waals surface area contributed by atoms with Crippen LogP contribution < -0.4 is 10.1 Å². The number of benzene rings is 3. The number of unbranched alkanes of at least 4 members (excludes halogenated alkanes) is 1. The molecule has 0 unspecified atom stereocenters. The number of hydrogen-bond donors (Lipinski definition) is 3. The number of aromatic nitrogens is 1. The number of aliphatic hydroxyl groups is 1. The minimum Gasteiger partial charge on any atom is -0.494 e. The van der Waals surface area contributed by atoms with Crippen LogP contribution in [-0.2, 0) is 30.7 Å². The van der Waals surface area contributed by atoms with Crippen molar-refractivity contribution in [2.24, 2.45) is 0 Å². The minimum atomic E-state index is -0.0112. The van der Waals surface area contributed by atoms with Crippen molar-refractivity contribution >= 4 is 33.6 Å². The molecule has 1 aliphatic carbocycles. The van der Waals surface area contributed by atoms with Crippen molar-refractivity contribution in [2.45, 2.75) is 52.1 Å². The van der Waals surface area contributed by atoms with Crippen molar-refractivity contribution in [1.82, 2.24) is 9.88 Å². The number of aliphatic hydroxyl groups excluding tert-OH is 1. The Morgan fingerprint density at radius 2 is 1.97 bits per heavy atom. The maximum absolute atomic E-state index is 13.2. The number of amides is 1. The highest BCUT2D eigenvalue weighted by molar-refractivity contribution is 6.19. The van der Waals surface area contributed by atoms with Gasteiger partial charge in [-0.25, -0.2) is 0 Å². The first-order valence-electron chi connectivity index (χ1n) is 13.6. The van der Waals surface area contributed by atoms with E-state index in [2.05, 4.69) is 34.1 Å². The molecule has 0 bridgehead atoms. The van der Waals surface area contributed by atoms with E-state index in [-0.39, 0.29) is 12.5 Å². The number of aryl methyl sites for hydroxylation is 2. The van der Waals surface area contributed by atoms with Gasteiger partial charge in [-0.15, -0.1) is 0 Å². The molecule has 1 amide bonds. The topological polar surface area (TPSA) is 96.6 Å². The van der Waals surface area contributed by atoms with Crippen LogP contribution in [0.25, 0.3) is 32.9 Å². The molecule has 0 spiro atoms. The predicted octanol–water partition coefficient (Wildman–Crippen LogP) is 5.36. The zero-order valence-electron chi connectivity index (χ0n) is 21.7. The van der Waals surface area contributed by atoms with Crippen molar-refractivity contribution in [3.63, 3.8) is 0 Å². The second kappa shape index (κ2) is 10.1. The van der Waals surface area contributed by atoms with E-state index in [9.17, 15) is 9.90 Å². The number of carbonyl (C=O) groups excluding carboxylic acids is 1. The predicted molar refractivity (Wildman–Crippen MR) is 149 cm³/mol. The van der Waals surface area contributed by atoms with Crippen LogP contribution in [0.4, 0.5) is 0 Å². The number of carbonyl (C=O) groups is 1. The molecular weight excluding hydrogens is 478 g/mol. The van der Waals surface area contributed by atoms with Gasteiger partial charge in [-0.05, 0) is 73.1 Å². The monoisotopic (exact) mass is 511 g/mol. The molecule has 0 saturated heterocycles. The van der Waals surface area contributed by atoms with E-state index in [1.807, 2.05) is 25.1 Å². The molecule has 3 N–H and O–H groups in total. The fourth-order valence-corrected chi connectivity index (χ4v) is 6.22. The van der Waals surface area contributed by atoms with Gasteiger partial charge in [0.1, 0.15) is 5.75 Å². The Kier molecular flexibility index (Phi) is 6.54. The van der Waals surface area contributed by atoms with Crippen molar-refractivity contribution in [2.75, 3.05) is 19.8 Å². The molecule has 0 saturated carbocycles. The van der Waals surface area contributed by atoms with Gasteiger partial charge in [0.25, 0.3) is 5.91 Å². The van der Waals surface area contributed by atoms with Gasteiger partial charge in [-0.3, -0.25) is 10.2 Å². The molecule has 4 aromatic rings. The molecule has 1 aliphatic heterocycles. The Balaban J connectivity index is 1.38. The quantitative estimate of drug-likeness (QED) is 0.160. The maximum atomic E-state index is 13.2. The zero-order valence-corrected chi connectivity index (χ0v) is 21.7. The van der Waals surface area contributed by atoms with E-state index >= 15 is 0 Å². The van der Waals surface area contributed by atoms with Gasteiger partial charge in [-0.1, -0.05) is 24.3 Å². The fraction of sp³-hybridized carbons (Fsp3) is 0.355. The van der Waals surface area contributed by atoms with Crippen LogP contribution in [0.15, 0.2) is 42.5 Å². The summed E-state index contributed by atoms with van der Waals surface area (Å²) in [5.74, 6) is 1.16. The van der Waals surface area contributed by atoms with E-state index in [1.54, 1.807) is 0 Å². The standard InChI is InChI=1S/C31H33N3O4/c1-2-37-26(32)9-5-6-16-38-20-11-13-21-19(17-20)10-12-23-27(21)29-24(18-33-31(29)36)28-22-7-3-4-8-25(22)34(14-15-35)30(23)28/h3-4,7-8,11,13,17,32,35H,2,5-6,9-10,12,14-16,18H2,1H3,(H,33,36). The van der Waals surface area contributed by atoms with E-state index in [0.29, 0.717) is 38.6 Å². The van der Waals surface area contributed by atoms with E-state index < -0.39 is 0 Å². The van der Waals surface area contributed by atoms with Crippen LogP contribution in [0.2, 0.25) is 0 Å². The number of nitrogens with zero attached hydrogens (tertiary/aromatic N) is 1. The molecule has 2 heterocycles. The van der Waals surface area contributed by atoms with Crippen LogP contribution in [0.3, 0.4) is 0 Å². The molecule has 7 nitrogen and oxygen atoms in total. The van der Waals surface area contributed by atoms with Crippen LogP contribution in [0.1, 0.15) is 53.2 Å². The molecule has 0 fully saturated rings. The first-order chi connectivity index (χ1) is 18.6. The Morgan fingerprint density at radius 1 is 1.11 bits per heavy atom. The molecule has 3 aromatic carbocycles. The van der Waals surface area contributed by atoms with Gasteiger partial charge in [0.05, 0.1) is 30.9 Å². The third kappa shape index (κ3) is 4.02. The second-order valence-corrected chi connectivity index (χ2v) is 9.99. The summed E-state index contributed by atoms with van der Waals surface area (Å²) in [6, 6.07) is 14.5. The van der Waals surface area contributed by atoms with Crippen LogP contribution in [0, 0.1) is 5.41 Å². The lowest BCUT2D eigenvalue weighted by Gasteiger charge is -2.25. The molecule has 7 heteroatoms. The molecule has 196 valence electrons. The number of nitrogens with one attached hydrogen (secondary N) is 2. The first kappa shape index (κ1) is 24.5. The molecule has 2 aliphatic rings. The summed E-state index contributed by atoms with van der Waals surface area (Å²) in [6.45, 7) is 4.11. The zero-order chi connectivity index (χ0) is 26.2. The lowest BCUT2D eigenvalue weighted by molar-refractivity contribution is 0.0966. The average Bonchev–Trinajstić information content (AvgIpc) is 3.47. The molecule has 0 atom stereocenters. The summed E-state index contributed by atoms with van der Waals surface area (Å²) in [6.07, 6.45) is 4.03. The van der Waals surface area contributed by atoms with Crippen molar-refractivity contribution < 1.29 is 19.4 Å². The summed E-state index contributed by atoms with van der Waals surface area (Å²) < 4.78 is 13.5. The number of rotatable bonds is 9. The van der Waals surface area contributed by atoms with Gasteiger partial charge in [-0.2, -0.15) is 0 Å². The Morgan fingerprint density at radius 3 is 2.82 bits per heavy atom. The van der Waals surface area contributed by atoms with Crippen LogP contribution in [-0.4, -0.2) is 41.3 Å². The summed E-state index contributed by atoms with van der Waals surface area (Å²) in [5.41, 5.74) is 8.61. The lowest BCUT2D eigenvalue weighted by Crippen LogP contribution is -2.16. The summed E-state index contributed by atoms with van der Waals surface area (Å²) in [7, 11) is 0. The van der Waals surface area contributed by atoms with Crippen LogP contribution >= 0.6 is 0 Å². The molecule has 38 heavy (non-hydrogen) atoms. The second-order valence-electron chi connectivity index (χ2n) is 9.99. The maximum Gasteiger partial charge on any atom is 0.252 e. The summed E-state index contributed by atoms with van der Waals surface area (Å²) in [4.78, 5) is 13.2. The van der Waals surface area contributed by atoms with Gasteiger partial charge in [0.15, 0.2) is 5.90 Å². The number of para-hydroxylation sites is 1. The Labute approximate surface area is 221 Å². The van der Waals surface area contributed by atoms with Gasteiger partial charge >= 0.3 is 0 Å². The molecular formula is C31H33N3O4. The lowest BCUT2D eigenvalue weighted by atomic mass is 9.80. The SMILES string of the molecule is CCOC(=N)CCCCOc1ccc2c(c1)CCc1c-2c2c(c3c4ccccc4n(CCO)c13)CNC2=O. The van der Waals surface area contributed by atoms with Gasteiger partial charge < -0.3 is 24.5 Å². The minimum absolute atomic E-state index is 0.0112. The summed E-state index contributed by atoms with van der Waals surface area (Å²) in [5, 5.41) is 23.0. The van der Waals surface area contributed by atoms with E-state index in [1.165, 1.54) is 11.1 Å². The highest BCUT2D eigenvalue weighted by Gasteiger charge is 2.34. The molecule has 1 aromatic heterocycles. The van der Waals surface area contributed by atoms with Crippen LogP contribution in [0.5, 0.6) is 5.75 Å². The fourth-order valence-electron chi connectivity index (χ4n) is 6.22. The smallest absolute Gasteiger partial charge is 0.252 e. The average molecular weight is 512 g/mol. The third-order valence-corrected chi connectivity index (χ3v) is 7.76. The summed E-state index contributed by atoms with van der Waals surface area (Å²) >= 11 is 0. The van der Waals surface area contributed by atoms with Crippen molar-refractivity contribution in [3.05, 3.63) is 64.7 Å². The van der Waals surface area contributed by atoms with E-state index in [0.717, 1.165) is 75.5 Å². The Hall–Kier alpha value is -3.84. The van der Waals surface area contributed by atoms with Gasteiger partial charge in [0, 0.05) is 41.4 Å². The van der Waals surface area contributed by atoms with Crippen molar-refractivity contribution in [1.29, 1.82) is 5.41 Å². The van der Waals surface area contributed by atoms with Gasteiger partial charge in [0.2, 0.25) is 0 Å². The number of fused-ring (bicyclic) bond motifs is 10.